The molecule has 1 atom stereocenters. The van der Waals surface area contributed by atoms with Crippen molar-refractivity contribution >= 4 is 35.9 Å². The van der Waals surface area contributed by atoms with Gasteiger partial charge in [-0.25, -0.2) is 9.79 Å². The molecule has 0 saturated carbocycles. The number of guanidine groups is 1. The summed E-state index contributed by atoms with van der Waals surface area (Å²) in [4.78, 5) is 16.6. The lowest BCUT2D eigenvalue weighted by Gasteiger charge is -2.19. The molecule has 0 aliphatic heterocycles. The lowest BCUT2D eigenvalue weighted by molar-refractivity contribution is 0.0597. The molecule has 2 aromatic carbocycles. The van der Waals surface area contributed by atoms with Gasteiger partial charge in [0.25, 0.3) is 0 Å². The van der Waals surface area contributed by atoms with E-state index >= 15 is 0 Å². The number of benzene rings is 2. The van der Waals surface area contributed by atoms with Crippen LogP contribution in [0.4, 0.5) is 0 Å². The number of aliphatic imine (C=N–C) groups is 1. The second-order valence-corrected chi connectivity index (χ2v) is 6.68. The maximum atomic E-state index is 12.0. The molecule has 8 nitrogen and oxygen atoms in total. The third-order valence-corrected chi connectivity index (χ3v) is 4.39. The van der Waals surface area contributed by atoms with Crippen molar-refractivity contribution in [2.24, 2.45) is 4.99 Å². The van der Waals surface area contributed by atoms with Crippen LogP contribution in [0.25, 0.3) is 0 Å². The third kappa shape index (κ3) is 8.10. The number of carbonyl (C=O) groups excluding carboxylic acids is 1. The quantitative estimate of drug-likeness (QED) is 0.200. The largest absolute Gasteiger partial charge is 0.496 e. The first-order valence-corrected chi connectivity index (χ1v) is 10.1. The Balaban J connectivity index is 0.00000512. The van der Waals surface area contributed by atoms with Crippen LogP contribution in [-0.4, -0.2) is 52.5 Å². The fraction of sp³-hybridized carbons (Fsp3) is 0.391. The fourth-order valence-corrected chi connectivity index (χ4v) is 2.85. The van der Waals surface area contributed by atoms with Crippen molar-refractivity contribution in [3.63, 3.8) is 0 Å². The number of hydrogen-bond donors (Lipinski definition) is 2. The molecule has 0 bridgehead atoms. The molecule has 0 amide bonds. The van der Waals surface area contributed by atoms with Crippen LogP contribution < -0.4 is 24.8 Å². The van der Waals surface area contributed by atoms with Crippen LogP contribution >= 0.6 is 24.0 Å². The molecular weight excluding hydrogens is 525 g/mol. The Labute approximate surface area is 206 Å². The summed E-state index contributed by atoms with van der Waals surface area (Å²) in [5.74, 6) is 2.04. The van der Waals surface area contributed by atoms with Crippen LogP contribution in [0.15, 0.2) is 47.5 Å². The molecule has 2 aromatic rings. The number of esters is 1. The van der Waals surface area contributed by atoms with E-state index < -0.39 is 5.97 Å². The zero-order valence-corrected chi connectivity index (χ0v) is 21.5. The number of carbonyl (C=O) groups is 1. The van der Waals surface area contributed by atoms with Gasteiger partial charge in [0.1, 0.15) is 17.4 Å². The molecule has 2 rings (SSSR count). The topological polar surface area (TPSA) is 90.4 Å². The van der Waals surface area contributed by atoms with Crippen molar-refractivity contribution in [3.05, 3.63) is 53.6 Å². The van der Waals surface area contributed by atoms with Gasteiger partial charge in [-0.05, 0) is 43.7 Å². The fourth-order valence-electron chi connectivity index (χ4n) is 2.85. The lowest BCUT2D eigenvalue weighted by Crippen LogP contribution is -2.41. The second-order valence-electron chi connectivity index (χ2n) is 6.68. The minimum Gasteiger partial charge on any atom is -0.496 e. The van der Waals surface area contributed by atoms with Crippen LogP contribution in [-0.2, 0) is 11.3 Å². The normalized spacial score (nSPS) is 11.6. The van der Waals surface area contributed by atoms with Crippen molar-refractivity contribution in [2.45, 2.75) is 26.5 Å². The van der Waals surface area contributed by atoms with E-state index in [0.29, 0.717) is 48.4 Å². The Morgan fingerprint density at radius 1 is 1.00 bits per heavy atom. The van der Waals surface area contributed by atoms with Gasteiger partial charge in [0.05, 0.1) is 34.4 Å². The van der Waals surface area contributed by atoms with Crippen molar-refractivity contribution in [1.29, 1.82) is 0 Å². The highest BCUT2D eigenvalue weighted by Gasteiger charge is 2.14. The summed E-state index contributed by atoms with van der Waals surface area (Å²) in [6, 6.07) is 12.9. The predicted molar refractivity (Wildman–Crippen MR) is 136 cm³/mol. The highest BCUT2D eigenvalue weighted by molar-refractivity contribution is 14.0. The maximum Gasteiger partial charge on any atom is 0.341 e. The number of hydrogen-bond acceptors (Lipinski definition) is 6. The van der Waals surface area contributed by atoms with Crippen LogP contribution in [0.5, 0.6) is 17.2 Å². The summed E-state index contributed by atoms with van der Waals surface area (Å²) in [5, 5.41) is 6.48. The Morgan fingerprint density at radius 2 is 1.69 bits per heavy atom. The standard InChI is InChI=1S/C23H31N3O5.HI/c1-6-24-23(25-14-16(2)31-21-10-8-7-9-20(21)29-4)26-15-17-11-12-19(28-3)18(13-17)22(27)30-5;/h7-13,16H,6,14-15H2,1-5H3,(H2,24,25,26);1H. The Kier molecular flexibility index (Phi) is 12.3. The minimum atomic E-state index is -0.449. The number of para-hydroxylation sites is 2. The zero-order valence-electron chi connectivity index (χ0n) is 19.1. The van der Waals surface area contributed by atoms with Gasteiger partial charge in [0.15, 0.2) is 17.5 Å². The number of nitrogens with one attached hydrogen (secondary N) is 2. The molecule has 0 spiro atoms. The van der Waals surface area contributed by atoms with E-state index in [1.807, 2.05) is 44.2 Å². The summed E-state index contributed by atoms with van der Waals surface area (Å²) in [5.41, 5.74) is 1.23. The molecule has 1 unspecified atom stereocenters. The molecule has 2 N–H and O–H groups in total. The van der Waals surface area contributed by atoms with Crippen LogP contribution in [0.3, 0.4) is 0 Å². The lowest BCUT2D eigenvalue weighted by atomic mass is 10.1. The molecule has 0 radical (unpaired) electrons. The van der Waals surface area contributed by atoms with E-state index in [1.54, 1.807) is 19.2 Å². The van der Waals surface area contributed by atoms with Gasteiger partial charge in [0, 0.05) is 6.54 Å². The van der Waals surface area contributed by atoms with Crippen molar-refractivity contribution in [2.75, 3.05) is 34.4 Å². The van der Waals surface area contributed by atoms with Gasteiger partial charge in [0.2, 0.25) is 0 Å². The molecule has 0 saturated heterocycles. The summed E-state index contributed by atoms with van der Waals surface area (Å²) in [7, 11) is 4.47. The average molecular weight is 557 g/mol. The molecule has 176 valence electrons. The first kappa shape index (κ1) is 27.3. The Morgan fingerprint density at radius 3 is 2.31 bits per heavy atom. The monoisotopic (exact) mass is 557 g/mol. The molecule has 0 heterocycles. The van der Waals surface area contributed by atoms with Gasteiger partial charge in [-0.1, -0.05) is 18.2 Å². The summed E-state index contributed by atoms with van der Waals surface area (Å²) >= 11 is 0. The molecule has 0 aromatic heterocycles. The molecule has 32 heavy (non-hydrogen) atoms. The van der Waals surface area contributed by atoms with Gasteiger partial charge in [-0.2, -0.15) is 0 Å². The minimum absolute atomic E-state index is 0. The smallest absolute Gasteiger partial charge is 0.341 e. The van der Waals surface area contributed by atoms with E-state index in [9.17, 15) is 4.79 Å². The summed E-state index contributed by atoms with van der Waals surface area (Å²) < 4.78 is 21.4. The average Bonchev–Trinajstić information content (AvgIpc) is 2.80. The first-order valence-electron chi connectivity index (χ1n) is 10.1. The van der Waals surface area contributed by atoms with Crippen LogP contribution in [0.1, 0.15) is 29.8 Å². The molecule has 0 aliphatic carbocycles. The second kappa shape index (κ2) is 14.4. The summed E-state index contributed by atoms with van der Waals surface area (Å²) in [6.07, 6.45) is -0.118. The maximum absolute atomic E-state index is 12.0. The highest BCUT2D eigenvalue weighted by atomic mass is 127. The van der Waals surface area contributed by atoms with E-state index in [0.717, 1.165) is 5.56 Å². The van der Waals surface area contributed by atoms with E-state index in [1.165, 1.54) is 14.2 Å². The summed E-state index contributed by atoms with van der Waals surface area (Å²) in [6.45, 7) is 5.60. The number of methoxy groups -OCH3 is 3. The Bertz CT molecular complexity index is 892. The van der Waals surface area contributed by atoms with Crippen LogP contribution in [0, 0.1) is 0 Å². The van der Waals surface area contributed by atoms with Crippen molar-refractivity contribution < 1.29 is 23.7 Å². The van der Waals surface area contributed by atoms with Gasteiger partial charge in [-0.15, -0.1) is 24.0 Å². The van der Waals surface area contributed by atoms with Crippen molar-refractivity contribution in [1.82, 2.24) is 10.6 Å². The van der Waals surface area contributed by atoms with Gasteiger partial charge >= 0.3 is 5.97 Å². The first-order chi connectivity index (χ1) is 15.0. The number of rotatable bonds is 10. The van der Waals surface area contributed by atoms with E-state index in [2.05, 4.69) is 15.6 Å². The number of ether oxygens (including phenoxy) is 4. The van der Waals surface area contributed by atoms with E-state index in [4.69, 9.17) is 18.9 Å². The van der Waals surface area contributed by atoms with Gasteiger partial charge in [-0.3, -0.25) is 0 Å². The number of nitrogens with zero attached hydrogens (tertiary/aromatic N) is 1. The zero-order chi connectivity index (χ0) is 22.6. The molecule has 0 fully saturated rings. The van der Waals surface area contributed by atoms with Gasteiger partial charge < -0.3 is 29.6 Å². The SMILES string of the molecule is CCNC(=NCc1ccc(OC)c(C(=O)OC)c1)NCC(C)Oc1ccccc1OC.I. The molecule has 0 aliphatic rings. The molecule has 9 heteroatoms. The predicted octanol–water partition coefficient (Wildman–Crippen LogP) is 3.63. The Hall–Kier alpha value is -2.69. The third-order valence-electron chi connectivity index (χ3n) is 4.39. The van der Waals surface area contributed by atoms with Crippen molar-refractivity contribution in [3.8, 4) is 17.2 Å². The van der Waals surface area contributed by atoms with E-state index in [-0.39, 0.29) is 30.1 Å². The molecular formula is C23H32IN3O5. The highest BCUT2D eigenvalue weighted by Crippen LogP contribution is 2.26. The number of halogens is 1. The van der Waals surface area contributed by atoms with Crippen LogP contribution in [0.2, 0.25) is 0 Å².